The van der Waals surface area contributed by atoms with Crippen molar-refractivity contribution in [2.24, 2.45) is 0 Å². The van der Waals surface area contributed by atoms with E-state index in [2.05, 4.69) is 0 Å². The van der Waals surface area contributed by atoms with E-state index >= 15 is 0 Å². The number of nitrogens with zero attached hydrogens (tertiary/aromatic N) is 2. The van der Waals surface area contributed by atoms with Gasteiger partial charge in [-0.15, -0.1) is 0 Å². The first-order valence-corrected chi connectivity index (χ1v) is 27.7. The molecule has 4 aromatic carbocycles. The van der Waals surface area contributed by atoms with Gasteiger partial charge in [0, 0.05) is 36.1 Å². The Hall–Kier alpha value is -3.74. The molecule has 0 aromatic heterocycles. The van der Waals surface area contributed by atoms with Gasteiger partial charge in [-0.3, -0.25) is 9.59 Å². The van der Waals surface area contributed by atoms with Crippen molar-refractivity contribution in [2.75, 3.05) is 37.2 Å². The zero-order valence-electron chi connectivity index (χ0n) is 40.1. The van der Waals surface area contributed by atoms with E-state index in [1.165, 1.54) is 22.5 Å². The lowest BCUT2D eigenvalue weighted by Gasteiger charge is -2.32. The monoisotopic (exact) mass is 980 g/mol. The van der Waals surface area contributed by atoms with Gasteiger partial charge >= 0.3 is 11.9 Å². The Balaban J connectivity index is 1.71. The average Bonchev–Trinajstić information content (AvgIpc) is 3.87. The highest BCUT2D eigenvalue weighted by atomic mass is 32.2. The van der Waals surface area contributed by atoms with E-state index in [9.17, 15) is 26.4 Å². The van der Waals surface area contributed by atoms with E-state index in [0.717, 1.165) is 22.3 Å². The third-order valence-corrected chi connectivity index (χ3v) is 17.0. The first kappa shape index (κ1) is 51.6. The number of rotatable bonds is 15. The first-order chi connectivity index (χ1) is 30.9. The van der Waals surface area contributed by atoms with E-state index in [0.29, 0.717) is 35.5 Å². The molecule has 2 saturated heterocycles. The minimum Gasteiger partial charge on any atom is -0.426 e. The molecule has 0 saturated carbocycles. The Labute approximate surface area is 400 Å². The van der Waals surface area contributed by atoms with Gasteiger partial charge in [-0.2, -0.15) is 32.1 Å². The number of hydrogen-bond donors (Lipinski definition) is 0. The van der Waals surface area contributed by atoms with Crippen molar-refractivity contribution in [2.45, 2.75) is 127 Å². The van der Waals surface area contributed by atoms with Crippen molar-refractivity contribution < 1.29 is 45.4 Å². The van der Waals surface area contributed by atoms with Crippen molar-refractivity contribution in [1.29, 1.82) is 0 Å². The van der Waals surface area contributed by atoms with Gasteiger partial charge < -0.3 is 18.9 Å². The van der Waals surface area contributed by atoms with E-state index < -0.39 is 67.4 Å². The van der Waals surface area contributed by atoms with Gasteiger partial charge in [-0.1, -0.05) is 76.9 Å². The predicted octanol–water partition coefficient (Wildman–Crippen LogP) is 10.1. The van der Waals surface area contributed by atoms with Crippen molar-refractivity contribution >= 4 is 55.5 Å². The Bertz CT molecular complexity index is 2460. The van der Waals surface area contributed by atoms with Crippen molar-refractivity contribution in [1.82, 2.24) is 8.61 Å². The molecule has 0 bridgehead atoms. The molecule has 2 aliphatic rings. The van der Waals surface area contributed by atoms with E-state index in [1.807, 2.05) is 92.2 Å². The van der Waals surface area contributed by atoms with E-state index in [1.54, 1.807) is 72.1 Å². The van der Waals surface area contributed by atoms with Crippen LogP contribution in [-0.2, 0) is 49.9 Å². The number of carbonyl (C=O) groups excluding carboxylic acids is 2. The molecule has 6 rings (SSSR count). The molecule has 0 radical (unpaired) electrons. The molecule has 2 fully saturated rings. The number of carbonyl (C=O) groups is 2. The summed E-state index contributed by atoms with van der Waals surface area (Å²) in [5.74, 6) is -0.0189. The summed E-state index contributed by atoms with van der Waals surface area (Å²) in [7, 11) is -8.44. The smallest absolute Gasteiger partial charge is 0.308 e. The standard InChI is InChI=1S/C50H64N2O10S4/c1-31-13-17-39(18-14-31)65(55,56)51-37(21-23-63-11)29-59-47(51)43-27-35(49(5,6)7)25-41(45(43)61-33(3)53)42-26-36(50(8,9)10)28-44(46(42)62-34(4)54)48-52(38(30-60-48)22-24-64-12)66(57,58)40-19-15-32(2)16-20-40/h13-20,25-28,37-38,47-48H,21-24,29-30H2,1-12H3/t37-,38-,47-,48-/m0/s1. The predicted molar refractivity (Wildman–Crippen MR) is 263 cm³/mol. The summed E-state index contributed by atoms with van der Waals surface area (Å²) in [6, 6.07) is 19.6. The Kier molecular flexibility index (Phi) is 16.0. The number of ether oxygens (including phenoxy) is 4. The number of benzene rings is 4. The molecule has 4 aromatic rings. The van der Waals surface area contributed by atoms with Gasteiger partial charge in [-0.05, 0) is 121 Å². The van der Waals surface area contributed by atoms with Gasteiger partial charge in [-0.25, -0.2) is 16.8 Å². The van der Waals surface area contributed by atoms with Crippen LogP contribution in [0.2, 0.25) is 0 Å². The molecule has 0 aliphatic carbocycles. The normalized spacial score (nSPS) is 19.9. The van der Waals surface area contributed by atoms with Crippen molar-refractivity contribution in [3.63, 3.8) is 0 Å². The van der Waals surface area contributed by atoms with Crippen molar-refractivity contribution in [3.8, 4) is 22.6 Å². The second-order valence-electron chi connectivity index (χ2n) is 19.1. The van der Waals surface area contributed by atoms with Gasteiger partial charge in [0.15, 0.2) is 12.5 Å². The zero-order chi connectivity index (χ0) is 48.5. The lowest BCUT2D eigenvalue weighted by molar-refractivity contribution is -0.133. The fraction of sp³-hybridized carbons (Fsp3) is 0.480. The first-order valence-electron chi connectivity index (χ1n) is 22.1. The minimum absolute atomic E-state index is 0.00912. The summed E-state index contributed by atoms with van der Waals surface area (Å²) in [5.41, 5.74) is 3.32. The molecule has 16 heteroatoms. The van der Waals surface area contributed by atoms with Crippen LogP contribution in [0.25, 0.3) is 11.1 Å². The van der Waals surface area contributed by atoms with Crippen LogP contribution in [0.4, 0.5) is 0 Å². The van der Waals surface area contributed by atoms with Gasteiger partial charge in [0.25, 0.3) is 0 Å². The van der Waals surface area contributed by atoms with E-state index in [4.69, 9.17) is 18.9 Å². The van der Waals surface area contributed by atoms with Crippen molar-refractivity contribution in [3.05, 3.63) is 106 Å². The van der Waals surface area contributed by atoms with E-state index in [-0.39, 0.29) is 45.6 Å². The minimum atomic E-state index is -4.22. The Morgan fingerprint density at radius 2 is 0.939 bits per heavy atom. The third kappa shape index (κ3) is 11.1. The maximum absolute atomic E-state index is 14.9. The molecular formula is C50H64N2O10S4. The topological polar surface area (TPSA) is 146 Å². The second kappa shape index (κ2) is 20.5. The van der Waals surface area contributed by atoms with Crippen LogP contribution in [-0.4, -0.2) is 86.7 Å². The maximum atomic E-state index is 14.9. The van der Waals surface area contributed by atoms with Crippen LogP contribution in [0.15, 0.2) is 82.6 Å². The molecule has 12 nitrogen and oxygen atoms in total. The number of thioether (sulfide) groups is 2. The summed E-state index contributed by atoms with van der Waals surface area (Å²) in [6.07, 6.45) is 2.42. The molecule has 2 heterocycles. The summed E-state index contributed by atoms with van der Waals surface area (Å²) in [5, 5.41) is 0. The molecule has 0 N–H and O–H groups in total. The van der Waals surface area contributed by atoms with Crippen LogP contribution in [0.5, 0.6) is 11.5 Å². The molecule has 0 spiro atoms. The maximum Gasteiger partial charge on any atom is 0.308 e. The summed E-state index contributed by atoms with van der Waals surface area (Å²) >= 11 is 3.20. The Morgan fingerprint density at radius 3 is 1.23 bits per heavy atom. The van der Waals surface area contributed by atoms with Crippen LogP contribution in [0, 0.1) is 13.8 Å². The molecule has 4 atom stereocenters. The second-order valence-corrected chi connectivity index (χ2v) is 24.8. The number of sulfonamides is 2. The van der Waals surface area contributed by atoms with Gasteiger partial charge in [0.1, 0.15) is 11.5 Å². The lowest BCUT2D eigenvalue weighted by Crippen LogP contribution is -2.39. The van der Waals surface area contributed by atoms with Crippen LogP contribution >= 0.6 is 23.5 Å². The largest absolute Gasteiger partial charge is 0.426 e. The molecule has 2 aliphatic heterocycles. The quantitative estimate of drug-likeness (QED) is 0.0826. The molecule has 0 unspecified atom stereocenters. The number of esters is 2. The average molecular weight is 981 g/mol. The molecule has 66 heavy (non-hydrogen) atoms. The molecular weight excluding hydrogens is 917 g/mol. The lowest BCUT2D eigenvalue weighted by atomic mass is 9.80. The number of hydrogen-bond acceptors (Lipinski definition) is 12. The van der Waals surface area contributed by atoms with Gasteiger partial charge in [0.05, 0.1) is 35.1 Å². The fourth-order valence-corrected chi connectivity index (χ4v) is 12.7. The zero-order valence-corrected chi connectivity index (χ0v) is 43.4. The van der Waals surface area contributed by atoms with Crippen LogP contribution in [0.1, 0.15) is 114 Å². The summed E-state index contributed by atoms with van der Waals surface area (Å²) < 4.78 is 88.1. The van der Waals surface area contributed by atoms with Gasteiger partial charge in [0.2, 0.25) is 20.0 Å². The van der Waals surface area contributed by atoms with Crippen LogP contribution < -0.4 is 9.47 Å². The Morgan fingerprint density at radius 1 is 0.606 bits per heavy atom. The molecule has 0 amide bonds. The summed E-state index contributed by atoms with van der Waals surface area (Å²) in [6.45, 7) is 18.5. The molecule has 358 valence electrons. The highest BCUT2D eigenvalue weighted by Crippen LogP contribution is 2.52. The van der Waals surface area contributed by atoms with Crippen LogP contribution in [0.3, 0.4) is 0 Å². The number of aryl methyl sites for hydroxylation is 2. The SMILES string of the molecule is CSCC[C@H]1CO[C@@H](c2cc(C(C)(C)C)cc(-c3cc(C(C)(C)C)cc([C@@H]4OC[C@H](CCSC)N4S(=O)(=O)c4ccc(C)cc4)c3OC(C)=O)c2OC(C)=O)N1S(=O)(=O)c1ccc(C)cc1. The highest BCUT2D eigenvalue weighted by molar-refractivity contribution is 7.98. The third-order valence-electron chi connectivity index (χ3n) is 11.9. The fourth-order valence-electron chi connectivity index (χ4n) is 8.22. The highest BCUT2D eigenvalue weighted by Gasteiger charge is 2.48. The summed E-state index contributed by atoms with van der Waals surface area (Å²) in [4.78, 5) is 27.0.